The van der Waals surface area contributed by atoms with E-state index in [0.717, 1.165) is 18.0 Å². The molecule has 0 amide bonds. The topological polar surface area (TPSA) is 18.5 Å². The highest BCUT2D eigenvalue weighted by atomic mass is 15.3. The summed E-state index contributed by atoms with van der Waals surface area (Å²) in [6.45, 7) is 10.1. The summed E-state index contributed by atoms with van der Waals surface area (Å²) in [6, 6.07) is 1.70. The van der Waals surface area contributed by atoms with Crippen molar-refractivity contribution < 1.29 is 0 Å². The van der Waals surface area contributed by atoms with Crippen LogP contribution in [0.15, 0.2) is 0 Å². The lowest BCUT2D eigenvalue weighted by Gasteiger charge is -2.36. The normalized spacial score (nSPS) is 38.1. The van der Waals surface area contributed by atoms with Gasteiger partial charge in [-0.3, -0.25) is 4.90 Å². The molecule has 2 heterocycles. The smallest absolute Gasteiger partial charge is 0.0113 e. The van der Waals surface area contributed by atoms with Crippen molar-refractivity contribution in [3.05, 3.63) is 0 Å². The zero-order valence-corrected chi connectivity index (χ0v) is 10.5. The van der Waals surface area contributed by atoms with Gasteiger partial charge in [0.1, 0.15) is 0 Å². The average Bonchev–Trinajstić information content (AvgIpc) is 3.07. The van der Waals surface area contributed by atoms with Gasteiger partial charge in [0.15, 0.2) is 0 Å². The third-order valence-corrected chi connectivity index (χ3v) is 4.65. The van der Waals surface area contributed by atoms with Crippen LogP contribution in [-0.2, 0) is 0 Å². The summed E-state index contributed by atoms with van der Waals surface area (Å²) in [7, 11) is 0. The molecular weight excluding hydrogens is 198 g/mol. The molecule has 92 valence electrons. The number of hydrogen-bond acceptors (Lipinski definition) is 3. The van der Waals surface area contributed by atoms with Gasteiger partial charge < -0.3 is 10.2 Å². The molecule has 2 atom stereocenters. The molecule has 16 heavy (non-hydrogen) atoms. The predicted octanol–water partition coefficient (Wildman–Crippen LogP) is 0.764. The van der Waals surface area contributed by atoms with E-state index in [1.165, 1.54) is 58.5 Å². The molecule has 3 rings (SSSR count). The van der Waals surface area contributed by atoms with E-state index in [2.05, 4.69) is 22.0 Å². The van der Waals surface area contributed by atoms with E-state index in [9.17, 15) is 0 Å². The van der Waals surface area contributed by atoms with Gasteiger partial charge in [0.05, 0.1) is 0 Å². The molecule has 2 saturated heterocycles. The average molecular weight is 223 g/mol. The van der Waals surface area contributed by atoms with E-state index in [1.807, 2.05) is 0 Å². The highest BCUT2D eigenvalue weighted by Gasteiger charge is 2.32. The second-order valence-electron chi connectivity index (χ2n) is 5.86. The number of nitrogens with one attached hydrogen (secondary N) is 1. The van der Waals surface area contributed by atoms with E-state index in [-0.39, 0.29) is 0 Å². The van der Waals surface area contributed by atoms with Crippen molar-refractivity contribution in [3.63, 3.8) is 0 Å². The van der Waals surface area contributed by atoms with Crippen molar-refractivity contribution in [2.24, 2.45) is 5.92 Å². The molecular formula is C13H25N3. The lowest BCUT2D eigenvalue weighted by molar-refractivity contribution is 0.111. The van der Waals surface area contributed by atoms with E-state index in [1.54, 1.807) is 0 Å². The summed E-state index contributed by atoms with van der Waals surface area (Å²) in [5.74, 6) is 0.896. The predicted molar refractivity (Wildman–Crippen MR) is 66.6 cm³/mol. The molecule has 0 spiro atoms. The fraction of sp³-hybridized carbons (Fsp3) is 1.00. The van der Waals surface area contributed by atoms with Crippen LogP contribution < -0.4 is 5.32 Å². The molecule has 2 unspecified atom stereocenters. The zero-order chi connectivity index (χ0) is 11.0. The number of nitrogens with zero attached hydrogens (tertiary/aromatic N) is 2. The van der Waals surface area contributed by atoms with Crippen LogP contribution in [0.4, 0.5) is 0 Å². The molecule has 2 aliphatic heterocycles. The van der Waals surface area contributed by atoms with Crippen LogP contribution in [0.3, 0.4) is 0 Å². The quantitative estimate of drug-likeness (QED) is 0.762. The third-order valence-electron chi connectivity index (χ3n) is 4.65. The lowest BCUT2D eigenvalue weighted by Crippen LogP contribution is -2.49. The standard InChI is InChI=1S/C13H25N3/c1-11-12(4-5-14-11)10-15-6-8-16(9-7-15)13-2-3-13/h11-14H,2-10H2,1H3. The van der Waals surface area contributed by atoms with E-state index in [4.69, 9.17) is 0 Å². The van der Waals surface area contributed by atoms with Gasteiger partial charge in [-0.1, -0.05) is 0 Å². The first-order valence-corrected chi connectivity index (χ1v) is 7.03. The van der Waals surface area contributed by atoms with Gasteiger partial charge in [0.2, 0.25) is 0 Å². The Labute approximate surface area is 99.2 Å². The van der Waals surface area contributed by atoms with Crippen molar-refractivity contribution in [2.75, 3.05) is 39.3 Å². The molecule has 0 aromatic carbocycles. The molecule has 0 aromatic heterocycles. The van der Waals surface area contributed by atoms with Crippen molar-refractivity contribution in [1.29, 1.82) is 0 Å². The third kappa shape index (κ3) is 2.41. The molecule has 3 aliphatic rings. The SMILES string of the molecule is CC1NCCC1CN1CCN(C2CC2)CC1. The molecule has 1 N–H and O–H groups in total. The van der Waals surface area contributed by atoms with Gasteiger partial charge >= 0.3 is 0 Å². The van der Waals surface area contributed by atoms with Gasteiger partial charge in [-0.2, -0.15) is 0 Å². The summed E-state index contributed by atoms with van der Waals surface area (Å²) in [6.07, 6.45) is 4.30. The Hall–Kier alpha value is -0.120. The zero-order valence-electron chi connectivity index (χ0n) is 10.5. The molecule has 0 radical (unpaired) electrons. The summed E-state index contributed by atoms with van der Waals surface area (Å²) in [5, 5.41) is 3.56. The summed E-state index contributed by atoms with van der Waals surface area (Å²) < 4.78 is 0. The van der Waals surface area contributed by atoms with Gasteiger partial charge in [0.25, 0.3) is 0 Å². The molecule has 3 fully saturated rings. The second-order valence-corrected chi connectivity index (χ2v) is 5.86. The second kappa shape index (κ2) is 4.63. The Morgan fingerprint density at radius 2 is 1.81 bits per heavy atom. The summed E-state index contributed by atoms with van der Waals surface area (Å²) in [4.78, 5) is 5.39. The van der Waals surface area contributed by atoms with E-state index < -0.39 is 0 Å². The van der Waals surface area contributed by atoms with Crippen molar-refractivity contribution in [1.82, 2.24) is 15.1 Å². The van der Waals surface area contributed by atoms with Crippen LogP contribution in [0.2, 0.25) is 0 Å². The first-order chi connectivity index (χ1) is 7.83. The van der Waals surface area contributed by atoms with Crippen LogP contribution in [0.25, 0.3) is 0 Å². The molecule has 0 aromatic rings. The van der Waals surface area contributed by atoms with Crippen LogP contribution in [0.1, 0.15) is 26.2 Å². The maximum absolute atomic E-state index is 3.56. The van der Waals surface area contributed by atoms with Gasteiger partial charge in [-0.25, -0.2) is 0 Å². The fourth-order valence-corrected chi connectivity index (χ4v) is 3.24. The van der Waals surface area contributed by atoms with Crippen molar-refractivity contribution in [3.8, 4) is 0 Å². The minimum atomic E-state index is 0.737. The van der Waals surface area contributed by atoms with Gasteiger partial charge in [-0.05, 0) is 38.6 Å². The Kier molecular flexibility index (Phi) is 3.18. The maximum atomic E-state index is 3.56. The molecule has 3 nitrogen and oxygen atoms in total. The summed E-state index contributed by atoms with van der Waals surface area (Å²) in [5.41, 5.74) is 0. The number of rotatable bonds is 3. The molecule has 1 aliphatic carbocycles. The lowest BCUT2D eigenvalue weighted by atomic mass is 10.0. The van der Waals surface area contributed by atoms with E-state index >= 15 is 0 Å². The first-order valence-electron chi connectivity index (χ1n) is 7.03. The maximum Gasteiger partial charge on any atom is 0.0113 e. The van der Waals surface area contributed by atoms with Gasteiger partial charge in [-0.15, -0.1) is 0 Å². The van der Waals surface area contributed by atoms with Crippen LogP contribution in [-0.4, -0.2) is 61.2 Å². The van der Waals surface area contributed by atoms with Crippen LogP contribution in [0, 0.1) is 5.92 Å². The van der Waals surface area contributed by atoms with Crippen LogP contribution in [0.5, 0.6) is 0 Å². The number of piperazine rings is 1. The minimum absolute atomic E-state index is 0.737. The molecule has 1 saturated carbocycles. The Bertz CT molecular complexity index is 231. The van der Waals surface area contributed by atoms with Crippen LogP contribution >= 0.6 is 0 Å². The monoisotopic (exact) mass is 223 g/mol. The molecule has 0 bridgehead atoms. The number of hydrogen-bond donors (Lipinski definition) is 1. The largest absolute Gasteiger partial charge is 0.314 e. The molecule has 3 heteroatoms. The Balaban J connectivity index is 1.43. The highest BCUT2D eigenvalue weighted by Crippen LogP contribution is 2.27. The van der Waals surface area contributed by atoms with E-state index in [0.29, 0.717) is 0 Å². The Morgan fingerprint density at radius 3 is 2.38 bits per heavy atom. The first kappa shape index (κ1) is 11.0. The van der Waals surface area contributed by atoms with Crippen molar-refractivity contribution >= 4 is 0 Å². The fourth-order valence-electron chi connectivity index (χ4n) is 3.24. The van der Waals surface area contributed by atoms with Crippen molar-refractivity contribution in [2.45, 2.75) is 38.3 Å². The highest BCUT2D eigenvalue weighted by molar-refractivity contribution is 4.89. The minimum Gasteiger partial charge on any atom is -0.314 e. The summed E-state index contributed by atoms with van der Waals surface area (Å²) >= 11 is 0. The van der Waals surface area contributed by atoms with Gasteiger partial charge in [0, 0.05) is 44.8 Å². The Morgan fingerprint density at radius 1 is 1.06 bits per heavy atom.